The minimum Gasteiger partial charge on any atom is -0.312 e. The molecule has 0 aromatic heterocycles. The van der Waals surface area contributed by atoms with Crippen LogP contribution in [0.15, 0.2) is 17.1 Å². The molecule has 0 fully saturated rings. The number of nitrogens with two attached hydrogens (primary N) is 1. The molecule has 1 rings (SSSR count). The average molecular weight is 224 g/mol. The molecule has 1 aliphatic carbocycles. The maximum absolute atomic E-state index is 5.40. The zero-order valence-electron chi connectivity index (χ0n) is 10.7. The van der Waals surface area contributed by atoms with Gasteiger partial charge in [-0.2, -0.15) is 0 Å². The van der Waals surface area contributed by atoms with Crippen molar-refractivity contribution < 1.29 is 0 Å². The molecule has 16 heavy (non-hydrogen) atoms. The zero-order valence-corrected chi connectivity index (χ0v) is 10.7. The van der Waals surface area contributed by atoms with E-state index in [9.17, 15) is 0 Å². The molecule has 4 nitrogen and oxygen atoms in total. The first-order valence-electron chi connectivity index (χ1n) is 5.90. The molecule has 0 bridgehead atoms. The molecule has 0 spiro atoms. The van der Waals surface area contributed by atoms with E-state index >= 15 is 0 Å². The summed E-state index contributed by atoms with van der Waals surface area (Å²) >= 11 is 0. The Bertz CT molecular complexity index is 258. The summed E-state index contributed by atoms with van der Waals surface area (Å²) in [5, 5.41) is 0. The summed E-state index contributed by atoms with van der Waals surface area (Å²) < 4.78 is 0. The molecule has 1 atom stereocenters. The summed E-state index contributed by atoms with van der Waals surface area (Å²) in [5.41, 5.74) is 6.54. The van der Waals surface area contributed by atoms with Crippen LogP contribution in [0, 0.1) is 0 Å². The second kappa shape index (κ2) is 6.78. The summed E-state index contributed by atoms with van der Waals surface area (Å²) in [7, 11) is 6.40. The Hall–Kier alpha value is -0.710. The van der Waals surface area contributed by atoms with Crippen molar-refractivity contribution in [1.29, 1.82) is 0 Å². The van der Waals surface area contributed by atoms with E-state index in [1.165, 1.54) is 0 Å². The minimum absolute atomic E-state index is 0.404. The van der Waals surface area contributed by atoms with Crippen LogP contribution in [0.3, 0.4) is 0 Å². The fraction of sp³-hybridized carbons (Fsp3) is 0.750. The average Bonchev–Trinajstić information content (AvgIpc) is 2.27. The van der Waals surface area contributed by atoms with E-state index in [1.807, 2.05) is 0 Å². The zero-order chi connectivity index (χ0) is 12.0. The standard InChI is InChI=1S/C12H24N4/c1-15(2)8-9-16(3)12-6-4-11(5-7-12)14-10-13/h4,6,12H,5,7-10,13H2,1-3H3. The fourth-order valence-corrected chi connectivity index (χ4v) is 1.84. The first-order chi connectivity index (χ1) is 7.63. The summed E-state index contributed by atoms with van der Waals surface area (Å²) in [6.45, 7) is 2.61. The fourth-order valence-electron chi connectivity index (χ4n) is 1.84. The molecule has 2 N–H and O–H groups in total. The van der Waals surface area contributed by atoms with Crippen molar-refractivity contribution in [3.05, 3.63) is 12.2 Å². The number of allylic oxidation sites excluding steroid dienone is 1. The number of hydrogen-bond donors (Lipinski definition) is 1. The molecule has 92 valence electrons. The summed E-state index contributed by atoms with van der Waals surface area (Å²) in [6, 6.07) is 0.552. The van der Waals surface area contributed by atoms with E-state index in [0.29, 0.717) is 12.7 Å². The topological polar surface area (TPSA) is 44.9 Å². The Kier molecular flexibility index (Phi) is 5.66. The second-order valence-electron chi connectivity index (χ2n) is 4.58. The van der Waals surface area contributed by atoms with E-state index < -0.39 is 0 Å². The van der Waals surface area contributed by atoms with E-state index in [1.54, 1.807) is 0 Å². The Morgan fingerprint density at radius 3 is 2.62 bits per heavy atom. The maximum Gasteiger partial charge on any atom is 0.0862 e. The number of likely N-dealkylation sites (N-methyl/N-ethyl adjacent to an activating group) is 2. The molecule has 4 heteroatoms. The largest absolute Gasteiger partial charge is 0.312 e. The highest BCUT2D eigenvalue weighted by Crippen LogP contribution is 2.13. The molecule has 0 saturated carbocycles. The molecule has 0 radical (unpaired) electrons. The normalized spacial score (nSPS) is 23.6. The van der Waals surface area contributed by atoms with Gasteiger partial charge in [-0.05, 0) is 40.1 Å². The highest BCUT2D eigenvalue weighted by atomic mass is 15.2. The van der Waals surface area contributed by atoms with Crippen LogP contribution in [0.1, 0.15) is 12.8 Å². The smallest absolute Gasteiger partial charge is 0.0862 e. The molecule has 1 aliphatic rings. The van der Waals surface area contributed by atoms with Gasteiger partial charge in [0, 0.05) is 24.8 Å². The van der Waals surface area contributed by atoms with Gasteiger partial charge in [-0.1, -0.05) is 6.08 Å². The first kappa shape index (κ1) is 13.4. The molecule has 0 aliphatic heterocycles. The quantitative estimate of drug-likeness (QED) is 0.742. The van der Waals surface area contributed by atoms with Crippen molar-refractivity contribution >= 4 is 5.71 Å². The van der Waals surface area contributed by atoms with Gasteiger partial charge in [0.15, 0.2) is 0 Å². The van der Waals surface area contributed by atoms with E-state index in [-0.39, 0.29) is 0 Å². The lowest BCUT2D eigenvalue weighted by molar-refractivity contribution is 0.239. The lowest BCUT2D eigenvalue weighted by Crippen LogP contribution is -2.37. The first-order valence-corrected chi connectivity index (χ1v) is 5.90. The second-order valence-corrected chi connectivity index (χ2v) is 4.58. The van der Waals surface area contributed by atoms with Crippen molar-refractivity contribution in [3.63, 3.8) is 0 Å². The van der Waals surface area contributed by atoms with Crippen LogP contribution >= 0.6 is 0 Å². The Morgan fingerprint density at radius 2 is 2.12 bits per heavy atom. The number of hydrogen-bond acceptors (Lipinski definition) is 4. The summed E-state index contributed by atoms with van der Waals surface area (Å²) in [5.74, 6) is 0. The molecule has 0 heterocycles. The predicted molar refractivity (Wildman–Crippen MR) is 69.8 cm³/mol. The maximum atomic E-state index is 5.40. The number of rotatable bonds is 5. The van der Waals surface area contributed by atoms with Gasteiger partial charge in [-0.15, -0.1) is 0 Å². The van der Waals surface area contributed by atoms with Crippen LogP contribution in [-0.4, -0.2) is 62.5 Å². The lowest BCUT2D eigenvalue weighted by atomic mass is 10.00. The van der Waals surface area contributed by atoms with Gasteiger partial charge in [0.2, 0.25) is 0 Å². The van der Waals surface area contributed by atoms with E-state index in [4.69, 9.17) is 5.73 Å². The third kappa shape index (κ3) is 4.43. The lowest BCUT2D eigenvalue weighted by Gasteiger charge is -2.29. The van der Waals surface area contributed by atoms with Gasteiger partial charge < -0.3 is 10.6 Å². The van der Waals surface area contributed by atoms with E-state index in [2.05, 4.69) is 48.1 Å². The highest BCUT2D eigenvalue weighted by Gasteiger charge is 2.15. The van der Waals surface area contributed by atoms with Crippen LogP contribution in [0.2, 0.25) is 0 Å². The van der Waals surface area contributed by atoms with Gasteiger partial charge in [0.25, 0.3) is 0 Å². The van der Waals surface area contributed by atoms with Crippen molar-refractivity contribution in [2.75, 3.05) is 40.9 Å². The van der Waals surface area contributed by atoms with Gasteiger partial charge in [-0.3, -0.25) is 9.89 Å². The Labute approximate surface area is 98.8 Å². The van der Waals surface area contributed by atoms with Crippen LogP contribution in [0.4, 0.5) is 0 Å². The molecule has 0 amide bonds. The van der Waals surface area contributed by atoms with Crippen LogP contribution < -0.4 is 5.73 Å². The van der Waals surface area contributed by atoms with Gasteiger partial charge in [-0.25, -0.2) is 0 Å². The summed E-state index contributed by atoms with van der Waals surface area (Å²) in [6.07, 6.45) is 6.56. The molecule has 0 saturated heterocycles. The van der Waals surface area contributed by atoms with Gasteiger partial charge in [0.1, 0.15) is 0 Å². The number of nitrogens with zero attached hydrogens (tertiary/aromatic N) is 3. The van der Waals surface area contributed by atoms with Crippen molar-refractivity contribution in [3.8, 4) is 0 Å². The summed E-state index contributed by atoms with van der Waals surface area (Å²) in [4.78, 5) is 8.84. The van der Waals surface area contributed by atoms with Gasteiger partial charge >= 0.3 is 0 Å². The predicted octanol–water partition coefficient (Wildman–Crippen LogP) is 0.556. The minimum atomic E-state index is 0.404. The monoisotopic (exact) mass is 224 g/mol. The number of aliphatic imine (C=N–C) groups is 1. The highest BCUT2D eigenvalue weighted by molar-refractivity contribution is 5.95. The molecule has 1 unspecified atom stereocenters. The van der Waals surface area contributed by atoms with Crippen LogP contribution in [0.25, 0.3) is 0 Å². The SMILES string of the molecule is CN(C)CCN(C)C1C=CC(=NCN)CC1. The van der Waals surface area contributed by atoms with Crippen LogP contribution in [0.5, 0.6) is 0 Å². The molecular weight excluding hydrogens is 200 g/mol. The molecule has 0 aromatic rings. The van der Waals surface area contributed by atoms with Crippen LogP contribution in [-0.2, 0) is 0 Å². The molecular formula is C12H24N4. The van der Waals surface area contributed by atoms with Crippen molar-refractivity contribution in [2.45, 2.75) is 18.9 Å². The van der Waals surface area contributed by atoms with E-state index in [0.717, 1.165) is 31.6 Å². The van der Waals surface area contributed by atoms with Crippen molar-refractivity contribution in [2.24, 2.45) is 10.7 Å². The Morgan fingerprint density at radius 1 is 1.38 bits per heavy atom. The van der Waals surface area contributed by atoms with Gasteiger partial charge in [0.05, 0.1) is 6.67 Å². The third-order valence-electron chi connectivity index (χ3n) is 2.97. The Balaban J connectivity index is 2.39. The third-order valence-corrected chi connectivity index (χ3v) is 2.97. The molecule has 0 aromatic carbocycles. The van der Waals surface area contributed by atoms with Crippen molar-refractivity contribution in [1.82, 2.24) is 9.80 Å².